The van der Waals surface area contributed by atoms with Gasteiger partial charge in [0.25, 0.3) is 0 Å². The lowest BCUT2D eigenvalue weighted by Crippen LogP contribution is -2.63. The van der Waals surface area contributed by atoms with Gasteiger partial charge in [0.1, 0.15) is 84.3 Å². The molecule has 2 fully saturated rings. The molecule has 20 N–H and O–H groups in total. The van der Waals surface area contributed by atoms with Crippen molar-refractivity contribution in [3.05, 3.63) is 144 Å². The zero-order valence-electron chi connectivity index (χ0n) is 67.2. The van der Waals surface area contributed by atoms with E-state index in [1.165, 1.54) is 78.6 Å². The van der Waals surface area contributed by atoms with E-state index in [9.17, 15) is 92.3 Å². The van der Waals surface area contributed by atoms with Crippen LogP contribution in [0.5, 0.6) is 5.75 Å². The molecule has 0 bridgehead atoms. The van der Waals surface area contributed by atoms with E-state index in [-0.39, 0.29) is 62.9 Å². The lowest BCUT2D eigenvalue weighted by Gasteiger charge is -2.33. The van der Waals surface area contributed by atoms with Gasteiger partial charge in [-0.2, -0.15) is 0 Å². The van der Waals surface area contributed by atoms with Gasteiger partial charge in [-0.05, 0) is 92.3 Å². The molecule has 3 heterocycles. The Labute approximate surface area is 694 Å². The fourth-order valence-electron chi connectivity index (χ4n) is 13.1. The number of aryl methyl sites for hydroxylation is 1. The summed E-state index contributed by atoms with van der Waals surface area (Å²) < 4.78 is 0. The number of aromatic nitrogens is 2. The van der Waals surface area contributed by atoms with Crippen molar-refractivity contribution in [3.63, 3.8) is 0 Å². The first-order valence-electron chi connectivity index (χ1n) is 38.7. The third kappa shape index (κ3) is 27.9. The summed E-state index contributed by atoms with van der Waals surface area (Å²) in [5, 5.41) is 68.8. The Morgan fingerprint density at radius 2 is 1.04 bits per heavy atom. The number of nitrogens with one attached hydrogen (secondary N) is 12. The summed E-state index contributed by atoms with van der Waals surface area (Å²) in [6, 6.07) is 8.18. The number of aliphatic hydroxyl groups is 2. The van der Waals surface area contributed by atoms with Crippen molar-refractivity contribution in [2.45, 2.75) is 177 Å². The van der Waals surface area contributed by atoms with Crippen molar-refractivity contribution in [1.82, 2.24) is 83.2 Å². The van der Waals surface area contributed by atoms with Gasteiger partial charge in [0.05, 0.1) is 44.2 Å². The quantitative estimate of drug-likeness (QED) is 0.0351. The number of hydrogen-bond acceptors (Lipinski definition) is 22. The van der Waals surface area contributed by atoms with Crippen LogP contribution in [0.2, 0.25) is 0 Å². The first-order valence-corrected chi connectivity index (χ1v) is 39.8. The number of carboxylic acid groups (broad SMARTS) is 1. The fraction of sp³-hybridized carbons (Fsp3) is 0.450. The van der Waals surface area contributed by atoms with Gasteiger partial charge in [-0.1, -0.05) is 111 Å². The number of aromatic hydroxyl groups is 1. The molecule has 646 valence electrons. The molecule has 7 rings (SSSR count). The predicted molar refractivity (Wildman–Crippen MR) is 432 cm³/mol. The second-order valence-corrected chi connectivity index (χ2v) is 30.6. The highest BCUT2D eigenvalue weighted by atomic mass is 32.2. The number of rotatable bonds is 20. The number of imidazole rings is 1. The van der Waals surface area contributed by atoms with Crippen LogP contribution >= 0.6 is 11.8 Å². The number of hydrogen-bond donors (Lipinski definition) is 18. The molecule has 4 aromatic carbocycles. The number of fused-ring (bicyclic) bond motifs is 1. The number of thioether (sulfide) groups is 1. The van der Waals surface area contributed by atoms with Gasteiger partial charge in [0, 0.05) is 57.5 Å². The lowest BCUT2D eigenvalue weighted by molar-refractivity contribution is -0.145. The molecular weight excluding hydrogens is 1580 g/mol. The van der Waals surface area contributed by atoms with Gasteiger partial charge in [0.2, 0.25) is 94.5 Å². The number of aromatic amines is 1. The average Bonchev–Trinajstić information content (AvgIpc) is 1.57. The molecule has 2 aliphatic heterocycles. The van der Waals surface area contributed by atoms with E-state index < -0.39 is 229 Å². The number of H-pyrrole nitrogens is 1. The van der Waals surface area contributed by atoms with Crippen molar-refractivity contribution < 1.29 is 102 Å². The molecule has 14 atom stereocenters. The maximum Gasteiger partial charge on any atom is 0.305 e. The minimum atomic E-state index is -2.07. The summed E-state index contributed by atoms with van der Waals surface area (Å²) in [4.78, 5) is 250. The number of primary amides is 2. The first-order chi connectivity index (χ1) is 56.9. The van der Waals surface area contributed by atoms with Crippen molar-refractivity contribution in [2.75, 3.05) is 45.3 Å². The molecule has 2 aliphatic rings. The molecule has 0 aliphatic carbocycles. The van der Waals surface area contributed by atoms with Gasteiger partial charge in [0.15, 0.2) is 0 Å². The number of carbonyl (C=O) groups excluding carboxylic acids is 16. The Kier molecular flexibility index (Phi) is 35.5. The van der Waals surface area contributed by atoms with E-state index in [1.54, 1.807) is 54.6 Å². The number of phenolic OH excluding ortho intramolecular Hbond substituents is 1. The van der Waals surface area contributed by atoms with Gasteiger partial charge in [-0.25, -0.2) is 4.98 Å². The summed E-state index contributed by atoms with van der Waals surface area (Å²) in [6.45, 7) is 4.51. The number of nitrogens with zero attached hydrogens (tertiary/aromatic N) is 4. The van der Waals surface area contributed by atoms with Crippen molar-refractivity contribution in [3.8, 4) is 16.9 Å². The molecule has 39 nitrogen and oxygen atoms in total. The number of benzene rings is 4. The van der Waals surface area contributed by atoms with Gasteiger partial charge >= 0.3 is 5.97 Å². The molecule has 0 spiro atoms. The van der Waals surface area contributed by atoms with Crippen LogP contribution in [0.4, 0.5) is 0 Å². The molecule has 0 radical (unpaired) electrons. The predicted octanol–water partition coefficient (Wildman–Crippen LogP) is -4.30. The number of aliphatic hydroxyl groups excluding tert-OH is 2. The number of phenols is 1. The van der Waals surface area contributed by atoms with Crippen LogP contribution in [-0.2, 0) is 107 Å². The SMILES string of the molecule is CC(C)[C@@H]1NC(=O)[C@H](Cc2ccccc2)NC(=O)CSC[C@@H](C(=O)NCC(N)=O)NC(=O)[C@@H]2CCCN2C(=O)[C@H](Cc2cnc[nH]2)NC(=O)[C@H](CC(N)=O)NC(=O)[C@H](C)N(C)C(=O)[C@H](Cc2ccc(-c3ccccc3)cc2)NC(=O)[C@H](C)N(C)C(=O)[C@H](CCc2ccc(O)cc2)NC(=O)[C@H]([C@@H](C)O)NC(=O)[C@H](CO)NC(=O)[C@H](CC(=O)O)NC1=O. The molecule has 0 saturated carbocycles. The zero-order chi connectivity index (χ0) is 88.2. The van der Waals surface area contributed by atoms with Crippen LogP contribution in [0.1, 0.15) is 89.1 Å². The number of likely N-dealkylation sites (N-methyl/N-ethyl adjacent to an activating group) is 2. The van der Waals surface area contributed by atoms with Crippen LogP contribution in [0.3, 0.4) is 0 Å². The van der Waals surface area contributed by atoms with Crippen LogP contribution in [0, 0.1) is 5.92 Å². The van der Waals surface area contributed by atoms with Crippen LogP contribution < -0.4 is 70.0 Å². The van der Waals surface area contributed by atoms with E-state index in [0.717, 1.165) is 44.5 Å². The Morgan fingerprint density at radius 3 is 1.62 bits per heavy atom. The normalized spacial score (nSPS) is 24.4. The van der Waals surface area contributed by atoms with Crippen molar-refractivity contribution >= 4 is 112 Å². The smallest absolute Gasteiger partial charge is 0.305 e. The van der Waals surface area contributed by atoms with E-state index >= 15 is 9.59 Å². The standard InChI is InChI=1S/C80H104N18O21S/c1-42(2)66-76(115)89-56(35-65(105)106)72(111)92-59(38-99)74(113)95-67(45(5)100)77(116)87-53(29-24-46-22-27-52(101)28-23-46)78(117)96(6)44(4)69(108)90-57(32-48-20-25-50(26-21-48)49-17-12-9-13-18-49)79(118)97(7)43(3)68(107)88-55(34-62(81)102)71(110)91-58(33-51-36-83-41-85-51)80(119)98-30-14-19-61(98)75(114)93-60(70(109)84-37-63(82)103)39-120-40-64(104)86-54(73(112)94-66)31-47-15-10-8-11-16-47/h8-13,15-18,20-23,25-28,36,41-45,53-61,66-67,99-101H,14,19,24,29-35,37-40H2,1-7H3,(H2,81,102)(H2,82,103)(H,83,85)(H,84,109)(H,86,104)(H,87,116)(H,88,107)(H,89,115)(H,90,108)(H,91,110)(H,92,111)(H,93,114)(H,94,112)(H,95,113)(H,105,106)/t43-,44-,45+,53-,54-,55-,56-,57-,58-,59-,60-,61-,66-,67-/m0/s1. The Balaban J connectivity index is 1.26. The number of amides is 16. The van der Waals surface area contributed by atoms with Crippen LogP contribution in [-0.4, -0.2) is 276 Å². The average molecular weight is 1690 g/mol. The Bertz CT molecular complexity index is 4470. The molecule has 40 heteroatoms. The molecule has 0 unspecified atom stereocenters. The zero-order valence-corrected chi connectivity index (χ0v) is 68.0. The summed E-state index contributed by atoms with van der Waals surface area (Å²) in [5.74, 6) is -20.4. The topological polar surface area (TPSA) is 594 Å². The fourth-order valence-corrected chi connectivity index (χ4v) is 13.9. The highest BCUT2D eigenvalue weighted by Gasteiger charge is 2.43. The summed E-state index contributed by atoms with van der Waals surface area (Å²) in [7, 11) is 2.41. The number of nitrogens with two attached hydrogens (primary N) is 2. The van der Waals surface area contributed by atoms with Gasteiger partial charge in [-0.15, -0.1) is 11.8 Å². The molecular formula is C80H104N18O21S. The summed E-state index contributed by atoms with van der Waals surface area (Å²) in [5.41, 5.74) is 14.4. The maximum absolute atomic E-state index is 15.1. The monoisotopic (exact) mass is 1680 g/mol. The highest BCUT2D eigenvalue weighted by molar-refractivity contribution is 8.00. The number of carbonyl (C=O) groups is 17. The molecule has 2 saturated heterocycles. The van der Waals surface area contributed by atoms with Crippen LogP contribution in [0.15, 0.2) is 122 Å². The third-order valence-electron chi connectivity index (χ3n) is 20.1. The molecule has 1 aromatic heterocycles. The maximum atomic E-state index is 15.1. The summed E-state index contributed by atoms with van der Waals surface area (Å²) in [6.07, 6.45) is -2.17. The second kappa shape index (κ2) is 45.2. The Morgan fingerprint density at radius 1 is 0.542 bits per heavy atom. The van der Waals surface area contributed by atoms with Gasteiger partial charge in [-0.3, -0.25) is 81.5 Å². The highest BCUT2D eigenvalue weighted by Crippen LogP contribution is 2.24. The third-order valence-corrected chi connectivity index (χ3v) is 21.2. The largest absolute Gasteiger partial charge is 0.508 e. The van der Waals surface area contributed by atoms with Crippen LogP contribution in [0.25, 0.3) is 11.1 Å². The molecule has 120 heavy (non-hydrogen) atoms. The van der Waals surface area contributed by atoms with Gasteiger partial charge < -0.3 is 110 Å². The Hall–Kier alpha value is -12.8. The van der Waals surface area contributed by atoms with E-state index in [2.05, 4.69) is 68.5 Å². The minimum Gasteiger partial charge on any atom is -0.508 e. The molecule has 5 aromatic rings. The number of carboxylic acids is 1. The summed E-state index contributed by atoms with van der Waals surface area (Å²) >= 11 is 0.765. The molecule has 16 amide bonds. The number of aliphatic carboxylic acids is 1. The van der Waals surface area contributed by atoms with Crippen molar-refractivity contribution in [1.29, 1.82) is 0 Å². The van der Waals surface area contributed by atoms with E-state index in [1.807, 2.05) is 30.3 Å². The lowest BCUT2D eigenvalue weighted by atomic mass is 9.99. The van der Waals surface area contributed by atoms with E-state index in [4.69, 9.17) is 11.5 Å². The van der Waals surface area contributed by atoms with E-state index in [0.29, 0.717) is 16.7 Å². The van der Waals surface area contributed by atoms with Crippen molar-refractivity contribution in [2.24, 2.45) is 17.4 Å². The second-order valence-electron chi connectivity index (χ2n) is 29.5. The minimum absolute atomic E-state index is 0.00683. The first kappa shape index (κ1) is 94.3.